The normalized spacial score (nSPS) is 14.9. The molecule has 0 unspecified atom stereocenters. The van der Waals surface area contributed by atoms with E-state index in [2.05, 4.69) is 40.1 Å². The average Bonchev–Trinajstić information content (AvgIpc) is 2.71. The number of benzene rings is 1. The minimum absolute atomic E-state index is 0.0423. The number of halogens is 1. The van der Waals surface area contributed by atoms with Gasteiger partial charge in [0.1, 0.15) is 5.82 Å². The van der Waals surface area contributed by atoms with Gasteiger partial charge in [0, 0.05) is 43.2 Å². The van der Waals surface area contributed by atoms with Crippen molar-refractivity contribution in [2.24, 2.45) is 5.92 Å². The molecule has 6 heteroatoms. The number of carbonyl (C=O) groups is 1. The monoisotopic (exact) mass is 445 g/mol. The van der Waals surface area contributed by atoms with E-state index in [4.69, 9.17) is 4.74 Å². The second-order valence-electron chi connectivity index (χ2n) is 7.59. The summed E-state index contributed by atoms with van der Waals surface area (Å²) in [5.41, 5.74) is 2.71. The van der Waals surface area contributed by atoms with Crippen molar-refractivity contribution in [1.82, 2.24) is 10.3 Å². The lowest BCUT2D eigenvalue weighted by Crippen LogP contribution is -2.33. The zero-order valence-electron chi connectivity index (χ0n) is 16.7. The van der Waals surface area contributed by atoms with Crippen molar-refractivity contribution in [3.05, 3.63) is 52.1 Å². The molecule has 1 aromatic carbocycles. The van der Waals surface area contributed by atoms with E-state index in [1.165, 1.54) is 0 Å². The first-order valence-corrected chi connectivity index (χ1v) is 10.6. The fraction of sp³-hybridized carbons (Fsp3) is 0.455. The van der Waals surface area contributed by atoms with Gasteiger partial charge in [-0.3, -0.25) is 4.79 Å². The van der Waals surface area contributed by atoms with Crippen LogP contribution in [0.2, 0.25) is 0 Å². The lowest BCUT2D eigenvalue weighted by atomic mass is 9.97. The highest BCUT2D eigenvalue weighted by atomic mass is 79.9. The molecular weight excluding hydrogens is 418 g/mol. The molecule has 1 N–H and O–H groups in total. The number of hydrogen-bond acceptors (Lipinski definition) is 4. The Balaban J connectivity index is 1.77. The quantitative estimate of drug-likeness (QED) is 0.687. The van der Waals surface area contributed by atoms with Crippen molar-refractivity contribution >= 4 is 33.3 Å². The lowest BCUT2D eigenvalue weighted by molar-refractivity contribution is 0.0642. The Morgan fingerprint density at radius 2 is 2.07 bits per heavy atom. The van der Waals surface area contributed by atoms with E-state index < -0.39 is 0 Å². The third-order valence-corrected chi connectivity index (χ3v) is 5.71. The molecule has 0 spiro atoms. The van der Waals surface area contributed by atoms with Crippen molar-refractivity contribution in [1.29, 1.82) is 0 Å². The first-order valence-electron chi connectivity index (χ1n) is 9.81. The number of carbonyl (C=O) groups excluding carboxylic acids is 1. The number of hydrogen-bond donors (Lipinski definition) is 1. The van der Waals surface area contributed by atoms with Gasteiger partial charge in [0.25, 0.3) is 5.91 Å². The van der Waals surface area contributed by atoms with Gasteiger partial charge in [0.15, 0.2) is 0 Å². The highest BCUT2D eigenvalue weighted by Crippen LogP contribution is 2.28. The molecule has 1 aliphatic heterocycles. The molecule has 28 heavy (non-hydrogen) atoms. The molecule has 0 saturated carbocycles. The van der Waals surface area contributed by atoms with Crippen LogP contribution in [0.25, 0.3) is 0 Å². The number of nitrogens with zero attached hydrogens (tertiary/aromatic N) is 2. The summed E-state index contributed by atoms with van der Waals surface area (Å²) >= 11 is 3.51. The van der Waals surface area contributed by atoms with Gasteiger partial charge in [-0.05, 0) is 54.5 Å². The van der Waals surface area contributed by atoms with Gasteiger partial charge in [-0.15, -0.1) is 0 Å². The van der Waals surface area contributed by atoms with Crippen molar-refractivity contribution in [2.75, 3.05) is 31.7 Å². The molecule has 1 aromatic heterocycles. The largest absolute Gasteiger partial charge is 0.381 e. The first kappa shape index (κ1) is 20.8. The van der Waals surface area contributed by atoms with E-state index in [1.807, 2.05) is 42.3 Å². The SMILES string of the molecule is CC(C)c1cc(N(C)c2cccc(Br)c2)ncc1C(=O)NCC1CCOCC1. The summed E-state index contributed by atoms with van der Waals surface area (Å²) in [6.45, 7) is 6.48. The van der Waals surface area contributed by atoms with Gasteiger partial charge < -0.3 is 15.0 Å². The molecule has 2 aromatic rings. The minimum atomic E-state index is -0.0423. The molecule has 1 fully saturated rings. The molecule has 150 valence electrons. The molecule has 1 amide bonds. The highest BCUT2D eigenvalue weighted by molar-refractivity contribution is 9.10. The molecule has 0 bridgehead atoms. The van der Waals surface area contributed by atoms with E-state index in [0.29, 0.717) is 18.0 Å². The predicted molar refractivity (Wildman–Crippen MR) is 116 cm³/mol. The van der Waals surface area contributed by atoms with Crippen LogP contribution in [0, 0.1) is 5.92 Å². The molecule has 0 aliphatic carbocycles. The Morgan fingerprint density at radius 3 is 2.75 bits per heavy atom. The van der Waals surface area contributed by atoms with Gasteiger partial charge in [0.05, 0.1) is 5.56 Å². The zero-order chi connectivity index (χ0) is 20.1. The molecule has 1 saturated heterocycles. The fourth-order valence-corrected chi connectivity index (χ4v) is 3.80. The van der Waals surface area contributed by atoms with Crippen LogP contribution < -0.4 is 10.2 Å². The van der Waals surface area contributed by atoms with Crippen molar-refractivity contribution in [2.45, 2.75) is 32.6 Å². The van der Waals surface area contributed by atoms with Gasteiger partial charge in [-0.2, -0.15) is 0 Å². The number of anilines is 2. The summed E-state index contributed by atoms with van der Waals surface area (Å²) in [6.07, 6.45) is 3.72. The van der Waals surface area contributed by atoms with Crippen LogP contribution in [0.3, 0.4) is 0 Å². The first-order chi connectivity index (χ1) is 13.5. The van der Waals surface area contributed by atoms with Gasteiger partial charge in [0.2, 0.25) is 0 Å². The van der Waals surface area contributed by atoms with E-state index in [1.54, 1.807) is 6.20 Å². The number of amides is 1. The second kappa shape index (κ2) is 9.52. The van der Waals surface area contributed by atoms with E-state index in [9.17, 15) is 4.79 Å². The molecular formula is C22H28BrN3O2. The number of aromatic nitrogens is 1. The Hall–Kier alpha value is -1.92. The third-order valence-electron chi connectivity index (χ3n) is 5.22. The van der Waals surface area contributed by atoms with Crippen LogP contribution in [-0.2, 0) is 4.74 Å². The van der Waals surface area contributed by atoms with Crippen LogP contribution in [0.1, 0.15) is 48.5 Å². The highest BCUT2D eigenvalue weighted by Gasteiger charge is 2.19. The molecule has 1 aliphatic rings. The summed E-state index contributed by atoms with van der Waals surface area (Å²) in [6, 6.07) is 10.1. The van der Waals surface area contributed by atoms with Crippen LogP contribution in [-0.4, -0.2) is 37.7 Å². The van der Waals surface area contributed by atoms with Crippen molar-refractivity contribution < 1.29 is 9.53 Å². The van der Waals surface area contributed by atoms with Crippen LogP contribution in [0.15, 0.2) is 41.0 Å². The molecule has 5 nitrogen and oxygen atoms in total. The predicted octanol–water partition coefficient (Wildman–Crippen LogP) is 4.89. The van der Waals surface area contributed by atoms with Gasteiger partial charge >= 0.3 is 0 Å². The lowest BCUT2D eigenvalue weighted by Gasteiger charge is -2.23. The van der Waals surface area contributed by atoms with E-state index >= 15 is 0 Å². The topological polar surface area (TPSA) is 54.5 Å². The van der Waals surface area contributed by atoms with Crippen molar-refractivity contribution in [3.63, 3.8) is 0 Å². The fourth-order valence-electron chi connectivity index (χ4n) is 3.41. The standard InChI is InChI=1S/C22H28BrN3O2/c1-15(2)19-12-21(26(3)18-6-4-5-17(23)11-18)24-14-20(19)22(27)25-13-16-7-9-28-10-8-16/h4-6,11-12,14-16H,7-10,13H2,1-3H3,(H,25,27). The van der Waals surface area contributed by atoms with Gasteiger partial charge in [-0.25, -0.2) is 4.98 Å². The molecule has 3 rings (SSSR count). The van der Waals surface area contributed by atoms with Crippen LogP contribution >= 0.6 is 15.9 Å². The molecule has 2 heterocycles. The number of pyridine rings is 1. The Labute approximate surface area is 175 Å². The number of rotatable bonds is 6. The summed E-state index contributed by atoms with van der Waals surface area (Å²) in [5.74, 6) is 1.50. The Kier molecular flexibility index (Phi) is 7.08. The summed E-state index contributed by atoms with van der Waals surface area (Å²) in [5, 5.41) is 3.10. The van der Waals surface area contributed by atoms with E-state index in [-0.39, 0.29) is 11.8 Å². The summed E-state index contributed by atoms with van der Waals surface area (Å²) in [7, 11) is 1.99. The number of nitrogens with one attached hydrogen (secondary N) is 1. The Morgan fingerprint density at radius 1 is 1.32 bits per heavy atom. The van der Waals surface area contributed by atoms with Crippen LogP contribution in [0.5, 0.6) is 0 Å². The van der Waals surface area contributed by atoms with Gasteiger partial charge in [-0.1, -0.05) is 35.8 Å². The molecule has 0 radical (unpaired) electrons. The maximum Gasteiger partial charge on any atom is 0.253 e. The second-order valence-corrected chi connectivity index (χ2v) is 8.50. The third kappa shape index (κ3) is 5.11. The summed E-state index contributed by atoms with van der Waals surface area (Å²) in [4.78, 5) is 19.4. The van der Waals surface area contributed by atoms with Crippen molar-refractivity contribution in [3.8, 4) is 0 Å². The minimum Gasteiger partial charge on any atom is -0.381 e. The maximum absolute atomic E-state index is 12.8. The molecule has 0 atom stereocenters. The zero-order valence-corrected chi connectivity index (χ0v) is 18.3. The number of ether oxygens (including phenoxy) is 1. The smallest absolute Gasteiger partial charge is 0.253 e. The Bertz CT molecular complexity index is 819. The summed E-state index contributed by atoms with van der Waals surface area (Å²) < 4.78 is 6.41. The maximum atomic E-state index is 12.8. The average molecular weight is 446 g/mol. The van der Waals surface area contributed by atoms with E-state index in [0.717, 1.165) is 47.6 Å². The van der Waals surface area contributed by atoms with Crippen LogP contribution in [0.4, 0.5) is 11.5 Å².